The molecule has 0 aliphatic carbocycles. The molecular weight excluding hydrogens is 233 g/mol. The summed E-state index contributed by atoms with van der Waals surface area (Å²) in [6.45, 7) is 2.75. The van der Waals surface area contributed by atoms with E-state index in [0.29, 0.717) is 13.1 Å². The van der Waals surface area contributed by atoms with Gasteiger partial charge in [0.05, 0.1) is 5.02 Å². The van der Waals surface area contributed by atoms with Gasteiger partial charge in [-0.1, -0.05) is 11.6 Å². The number of hydrogen-bond acceptors (Lipinski definition) is 3. The number of nitrogens with one attached hydrogen (secondary N) is 1. The third-order valence-electron chi connectivity index (χ3n) is 2.56. The molecule has 1 N–H and O–H groups in total. The van der Waals surface area contributed by atoms with Gasteiger partial charge in [-0.3, -0.25) is 4.79 Å². The van der Waals surface area contributed by atoms with E-state index >= 15 is 0 Å². The van der Waals surface area contributed by atoms with Gasteiger partial charge in [0.15, 0.2) is 11.6 Å². The highest BCUT2D eigenvalue weighted by molar-refractivity contribution is 6.30. The Balaban J connectivity index is 2.32. The van der Waals surface area contributed by atoms with Crippen molar-refractivity contribution in [2.75, 3.05) is 18.0 Å². The Morgan fingerprint density at radius 1 is 1.69 bits per heavy atom. The van der Waals surface area contributed by atoms with E-state index in [0.717, 1.165) is 0 Å². The fourth-order valence-corrected chi connectivity index (χ4v) is 1.84. The molecule has 4 nitrogen and oxygen atoms in total. The summed E-state index contributed by atoms with van der Waals surface area (Å²) >= 11 is 5.62. The fraction of sp³-hybridized carbons (Fsp3) is 0.400. The highest BCUT2D eigenvalue weighted by atomic mass is 35.5. The molecule has 1 atom stereocenters. The van der Waals surface area contributed by atoms with E-state index in [2.05, 4.69) is 10.3 Å². The molecule has 16 heavy (non-hydrogen) atoms. The SMILES string of the molecule is CC1C(=O)NCCN1c1ncc(Cl)cc1F. The normalized spacial score (nSPS) is 20.8. The Morgan fingerprint density at radius 2 is 2.44 bits per heavy atom. The zero-order chi connectivity index (χ0) is 11.7. The molecule has 1 aliphatic heterocycles. The highest BCUT2D eigenvalue weighted by Gasteiger charge is 2.28. The molecule has 0 saturated carbocycles. The van der Waals surface area contributed by atoms with Crippen LogP contribution in [-0.4, -0.2) is 30.0 Å². The van der Waals surface area contributed by atoms with Crippen molar-refractivity contribution in [3.8, 4) is 0 Å². The maximum atomic E-state index is 13.6. The number of carbonyl (C=O) groups is 1. The summed E-state index contributed by atoms with van der Waals surface area (Å²) in [6, 6.07) is 0.778. The molecule has 2 heterocycles. The second-order valence-corrected chi connectivity index (χ2v) is 4.06. The lowest BCUT2D eigenvalue weighted by molar-refractivity contribution is -0.122. The quantitative estimate of drug-likeness (QED) is 0.806. The van der Waals surface area contributed by atoms with Crippen molar-refractivity contribution in [1.29, 1.82) is 0 Å². The van der Waals surface area contributed by atoms with E-state index in [1.807, 2.05) is 0 Å². The molecule has 2 rings (SSSR count). The van der Waals surface area contributed by atoms with Crippen molar-refractivity contribution < 1.29 is 9.18 Å². The Bertz CT molecular complexity index is 427. The predicted octanol–water partition coefficient (Wildman–Crippen LogP) is 1.20. The van der Waals surface area contributed by atoms with Crippen LogP contribution in [0, 0.1) is 5.82 Å². The molecule has 0 radical (unpaired) electrons. The van der Waals surface area contributed by atoms with Crippen LogP contribution in [0.1, 0.15) is 6.92 Å². The molecule has 1 saturated heterocycles. The van der Waals surface area contributed by atoms with Crippen LogP contribution in [0.25, 0.3) is 0 Å². The van der Waals surface area contributed by atoms with Crippen LogP contribution in [0.2, 0.25) is 5.02 Å². The second-order valence-electron chi connectivity index (χ2n) is 3.62. The summed E-state index contributed by atoms with van der Waals surface area (Å²) in [4.78, 5) is 17.0. The number of carbonyl (C=O) groups excluding carboxylic acids is 1. The predicted molar refractivity (Wildman–Crippen MR) is 59.0 cm³/mol. The van der Waals surface area contributed by atoms with Crippen LogP contribution < -0.4 is 10.2 Å². The molecule has 1 unspecified atom stereocenters. The van der Waals surface area contributed by atoms with Crippen molar-refractivity contribution in [3.63, 3.8) is 0 Å². The number of amides is 1. The molecule has 1 aromatic heterocycles. The van der Waals surface area contributed by atoms with Crippen molar-refractivity contribution in [2.24, 2.45) is 0 Å². The monoisotopic (exact) mass is 243 g/mol. The fourth-order valence-electron chi connectivity index (χ4n) is 1.69. The van der Waals surface area contributed by atoms with Crippen LogP contribution in [0.15, 0.2) is 12.3 Å². The lowest BCUT2D eigenvalue weighted by Gasteiger charge is -2.33. The number of hydrogen-bond donors (Lipinski definition) is 1. The van der Waals surface area contributed by atoms with Gasteiger partial charge in [0, 0.05) is 19.3 Å². The number of pyridine rings is 1. The van der Waals surface area contributed by atoms with E-state index in [-0.39, 0.29) is 16.7 Å². The zero-order valence-corrected chi connectivity index (χ0v) is 9.46. The van der Waals surface area contributed by atoms with Gasteiger partial charge in [-0.05, 0) is 13.0 Å². The van der Waals surface area contributed by atoms with Gasteiger partial charge in [0.1, 0.15) is 6.04 Å². The first-order valence-corrected chi connectivity index (χ1v) is 5.33. The molecule has 86 valence electrons. The summed E-state index contributed by atoms with van der Waals surface area (Å²) in [7, 11) is 0. The van der Waals surface area contributed by atoms with Crippen molar-refractivity contribution >= 4 is 23.3 Å². The number of rotatable bonds is 1. The standard InChI is InChI=1S/C10H11ClFN3O/c1-6-10(16)13-2-3-15(6)9-8(12)4-7(11)5-14-9/h4-6H,2-3H2,1H3,(H,13,16). The number of piperazine rings is 1. The van der Waals surface area contributed by atoms with E-state index in [4.69, 9.17) is 11.6 Å². The third kappa shape index (κ3) is 1.95. The van der Waals surface area contributed by atoms with E-state index in [9.17, 15) is 9.18 Å². The number of halogens is 2. The smallest absolute Gasteiger partial charge is 0.242 e. The molecule has 1 amide bonds. The maximum Gasteiger partial charge on any atom is 0.242 e. The molecule has 6 heteroatoms. The van der Waals surface area contributed by atoms with Gasteiger partial charge in [0.25, 0.3) is 0 Å². The van der Waals surface area contributed by atoms with Crippen LogP contribution in [0.3, 0.4) is 0 Å². The van der Waals surface area contributed by atoms with Crippen molar-refractivity contribution in [1.82, 2.24) is 10.3 Å². The summed E-state index contributed by atoms with van der Waals surface area (Å²) in [5.74, 6) is -0.455. The van der Waals surface area contributed by atoms with Gasteiger partial charge in [-0.15, -0.1) is 0 Å². The average Bonchev–Trinajstić information content (AvgIpc) is 2.23. The molecule has 0 aromatic carbocycles. The van der Waals surface area contributed by atoms with Crippen molar-refractivity contribution in [3.05, 3.63) is 23.1 Å². The Labute approximate surface area is 97.4 Å². The topological polar surface area (TPSA) is 45.2 Å². The summed E-state index contributed by atoms with van der Waals surface area (Å²) in [6.07, 6.45) is 1.37. The van der Waals surface area contributed by atoms with E-state index in [1.165, 1.54) is 12.3 Å². The minimum Gasteiger partial charge on any atom is -0.353 e. The summed E-state index contributed by atoms with van der Waals surface area (Å²) in [5.41, 5.74) is 0. The first-order valence-electron chi connectivity index (χ1n) is 4.95. The summed E-state index contributed by atoms with van der Waals surface area (Å²) < 4.78 is 13.6. The second kappa shape index (κ2) is 4.25. The molecule has 1 fully saturated rings. The minimum atomic E-state index is -0.506. The lowest BCUT2D eigenvalue weighted by Crippen LogP contribution is -2.54. The van der Waals surface area contributed by atoms with Gasteiger partial charge in [0.2, 0.25) is 5.91 Å². The van der Waals surface area contributed by atoms with E-state index in [1.54, 1.807) is 11.8 Å². The molecule has 0 spiro atoms. The van der Waals surface area contributed by atoms with Crippen LogP contribution in [0.5, 0.6) is 0 Å². The van der Waals surface area contributed by atoms with Crippen LogP contribution in [0.4, 0.5) is 10.2 Å². The lowest BCUT2D eigenvalue weighted by atomic mass is 10.2. The van der Waals surface area contributed by atoms with Crippen LogP contribution in [-0.2, 0) is 4.79 Å². The minimum absolute atomic E-state index is 0.123. The third-order valence-corrected chi connectivity index (χ3v) is 2.77. The number of anilines is 1. The van der Waals surface area contributed by atoms with Gasteiger partial charge >= 0.3 is 0 Å². The number of nitrogens with zero attached hydrogens (tertiary/aromatic N) is 2. The highest BCUT2D eigenvalue weighted by Crippen LogP contribution is 2.22. The van der Waals surface area contributed by atoms with Gasteiger partial charge in [-0.2, -0.15) is 0 Å². The first-order chi connectivity index (χ1) is 7.59. The first kappa shape index (κ1) is 11.1. The number of aromatic nitrogens is 1. The molecule has 1 aliphatic rings. The molecular formula is C10H11ClFN3O. The Kier molecular flexibility index (Phi) is 2.96. The van der Waals surface area contributed by atoms with E-state index < -0.39 is 11.9 Å². The van der Waals surface area contributed by atoms with Crippen LogP contribution >= 0.6 is 11.6 Å². The van der Waals surface area contributed by atoms with Gasteiger partial charge in [-0.25, -0.2) is 9.37 Å². The molecule has 1 aromatic rings. The molecule has 0 bridgehead atoms. The largest absolute Gasteiger partial charge is 0.353 e. The zero-order valence-electron chi connectivity index (χ0n) is 8.70. The summed E-state index contributed by atoms with van der Waals surface area (Å²) in [5, 5.41) is 2.95. The Hall–Kier alpha value is -1.36. The van der Waals surface area contributed by atoms with Crippen molar-refractivity contribution in [2.45, 2.75) is 13.0 Å². The Morgan fingerprint density at radius 3 is 3.12 bits per heavy atom. The average molecular weight is 244 g/mol. The van der Waals surface area contributed by atoms with Gasteiger partial charge < -0.3 is 10.2 Å². The maximum absolute atomic E-state index is 13.6.